The van der Waals surface area contributed by atoms with E-state index in [-0.39, 0.29) is 5.41 Å². The van der Waals surface area contributed by atoms with Crippen LogP contribution in [0.15, 0.2) is 24.4 Å². The number of aliphatic hydroxyl groups is 1. The minimum absolute atomic E-state index is 0.128. The molecule has 2 heterocycles. The number of aromatic nitrogens is 2. The lowest BCUT2D eigenvalue weighted by Crippen LogP contribution is -2.38. The van der Waals surface area contributed by atoms with Crippen LogP contribution >= 0.6 is 0 Å². The van der Waals surface area contributed by atoms with Crippen LogP contribution in [0, 0.1) is 6.92 Å². The second-order valence-corrected chi connectivity index (χ2v) is 8.05. The molecule has 0 radical (unpaired) electrons. The number of aromatic amines is 1. The third-order valence-electron chi connectivity index (χ3n) is 4.82. The molecule has 0 saturated heterocycles. The smallest absolute Gasteiger partial charge is 0.122 e. The van der Waals surface area contributed by atoms with Crippen LogP contribution in [0.2, 0.25) is 0 Å². The molecule has 0 fully saturated rings. The van der Waals surface area contributed by atoms with Gasteiger partial charge in [0.15, 0.2) is 0 Å². The van der Waals surface area contributed by atoms with Crippen molar-refractivity contribution in [2.45, 2.75) is 52.2 Å². The molecule has 2 N–H and O–H groups in total. The van der Waals surface area contributed by atoms with Gasteiger partial charge in [0.05, 0.1) is 6.20 Å². The van der Waals surface area contributed by atoms with Gasteiger partial charge >= 0.3 is 0 Å². The summed E-state index contributed by atoms with van der Waals surface area (Å²) < 4.78 is 5.87. The van der Waals surface area contributed by atoms with E-state index >= 15 is 0 Å². The summed E-state index contributed by atoms with van der Waals surface area (Å²) in [4.78, 5) is 2.25. The van der Waals surface area contributed by atoms with Crippen LogP contribution in [-0.2, 0) is 18.4 Å². The van der Waals surface area contributed by atoms with Gasteiger partial charge in [0.25, 0.3) is 0 Å². The summed E-state index contributed by atoms with van der Waals surface area (Å²) in [5, 5.41) is 17.5. The average Bonchev–Trinajstić information content (AvgIpc) is 3.00. The third-order valence-corrected chi connectivity index (χ3v) is 4.82. The fraction of sp³-hybridized carbons (Fsp3) is 0.550. The minimum atomic E-state index is -0.504. The second-order valence-electron chi connectivity index (χ2n) is 8.05. The summed E-state index contributed by atoms with van der Waals surface area (Å²) in [6, 6.07) is 6.30. The number of hydrogen-bond donors (Lipinski definition) is 2. The molecule has 0 saturated carbocycles. The first-order valence-electron chi connectivity index (χ1n) is 8.98. The van der Waals surface area contributed by atoms with Gasteiger partial charge in [-0.25, -0.2) is 0 Å². The number of β-amino-alcohol motifs (C(OH)–C–C–N with tert-alkyl or cyclic N) is 1. The number of rotatable bonds is 5. The number of benzene rings is 1. The van der Waals surface area contributed by atoms with E-state index in [1.165, 1.54) is 16.8 Å². The number of hydrogen-bond acceptors (Lipinski definition) is 4. The van der Waals surface area contributed by atoms with Crippen molar-refractivity contribution in [1.29, 1.82) is 0 Å². The topological polar surface area (TPSA) is 61.4 Å². The molecule has 5 nitrogen and oxygen atoms in total. The predicted molar refractivity (Wildman–Crippen MR) is 98.9 cm³/mol. The molecule has 0 spiro atoms. The number of nitrogens with zero attached hydrogens (tertiary/aromatic N) is 2. The van der Waals surface area contributed by atoms with Crippen LogP contribution < -0.4 is 4.74 Å². The van der Waals surface area contributed by atoms with E-state index < -0.39 is 6.10 Å². The van der Waals surface area contributed by atoms with E-state index in [0.717, 1.165) is 30.8 Å². The number of aryl methyl sites for hydroxylation is 1. The molecular weight excluding hydrogens is 314 g/mol. The molecule has 0 aliphatic carbocycles. The van der Waals surface area contributed by atoms with Gasteiger partial charge in [-0.15, -0.1) is 0 Å². The number of aliphatic hydroxyl groups excluding tert-OH is 1. The van der Waals surface area contributed by atoms with Gasteiger partial charge in [0.2, 0.25) is 0 Å². The van der Waals surface area contributed by atoms with Gasteiger partial charge in [-0.3, -0.25) is 10.00 Å². The van der Waals surface area contributed by atoms with Crippen molar-refractivity contribution in [3.63, 3.8) is 0 Å². The lowest BCUT2D eigenvalue weighted by Gasteiger charge is -2.28. The second kappa shape index (κ2) is 7.18. The van der Waals surface area contributed by atoms with Crippen molar-refractivity contribution in [2.75, 3.05) is 19.7 Å². The number of ether oxygens (including phenoxy) is 1. The van der Waals surface area contributed by atoms with E-state index in [1.807, 2.05) is 12.3 Å². The van der Waals surface area contributed by atoms with Crippen molar-refractivity contribution in [2.24, 2.45) is 0 Å². The van der Waals surface area contributed by atoms with Crippen molar-refractivity contribution in [3.8, 4) is 5.75 Å². The quantitative estimate of drug-likeness (QED) is 0.876. The lowest BCUT2D eigenvalue weighted by atomic mass is 9.86. The molecular formula is C20H29N3O2. The zero-order chi connectivity index (χ0) is 18.0. The molecule has 5 heteroatoms. The molecule has 1 atom stereocenters. The molecule has 0 amide bonds. The van der Waals surface area contributed by atoms with Gasteiger partial charge < -0.3 is 9.84 Å². The monoisotopic (exact) mass is 343 g/mol. The first kappa shape index (κ1) is 18.0. The number of H-pyrrole nitrogens is 1. The number of fused-ring (bicyclic) bond motifs is 1. The van der Waals surface area contributed by atoms with Gasteiger partial charge in [-0.2, -0.15) is 5.10 Å². The summed E-state index contributed by atoms with van der Waals surface area (Å²) in [5.74, 6) is 0.850. The molecule has 1 aliphatic heterocycles. The Kier molecular flexibility index (Phi) is 5.16. The van der Waals surface area contributed by atoms with Gasteiger partial charge in [-0.05, 0) is 29.5 Å². The molecule has 1 unspecified atom stereocenters. The molecule has 1 aliphatic rings. The average molecular weight is 343 g/mol. The summed E-state index contributed by atoms with van der Waals surface area (Å²) in [6.07, 6.45) is 2.33. The lowest BCUT2D eigenvalue weighted by molar-refractivity contribution is 0.0634. The highest BCUT2D eigenvalue weighted by molar-refractivity contribution is 5.38. The standard InChI is InChI=1S/C20H29N3O2/c1-14-9-16(20(2,3)4)5-6-19(14)25-13-17(24)12-23-8-7-18-15(11-23)10-21-22-18/h5-6,9-10,17,24H,7-8,11-13H2,1-4H3,(H,21,22). The van der Waals surface area contributed by atoms with E-state index in [0.29, 0.717) is 13.2 Å². The predicted octanol–water partition coefficient (Wildman–Crippen LogP) is 2.81. The highest BCUT2D eigenvalue weighted by Crippen LogP contribution is 2.27. The Morgan fingerprint density at radius 2 is 2.16 bits per heavy atom. The SMILES string of the molecule is Cc1cc(C(C)(C)C)ccc1OCC(O)CN1CCc2[nH]ncc2C1. The fourth-order valence-electron chi connectivity index (χ4n) is 3.25. The molecule has 0 bridgehead atoms. The largest absolute Gasteiger partial charge is 0.491 e. The van der Waals surface area contributed by atoms with Gasteiger partial charge in [0, 0.05) is 37.3 Å². The summed E-state index contributed by atoms with van der Waals surface area (Å²) in [7, 11) is 0. The van der Waals surface area contributed by atoms with Crippen molar-refractivity contribution < 1.29 is 9.84 Å². The molecule has 1 aromatic heterocycles. The molecule has 136 valence electrons. The van der Waals surface area contributed by atoms with E-state index in [1.54, 1.807) is 0 Å². The van der Waals surface area contributed by atoms with E-state index in [2.05, 4.69) is 54.9 Å². The Bertz CT molecular complexity index is 718. The zero-order valence-corrected chi connectivity index (χ0v) is 15.7. The normalized spacial score (nSPS) is 16.5. The Morgan fingerprint density at radius 1 is 1.36 bits per heavy atom. The van der Waals surface area contributed by atoms with Crippen molar-refractivity contribution in [3.05, 3.63) is 46.8 Å². The zero-order valence-electron chi connectivity index (χ0n) is 15.7. The molecule has 2 aromatic rings. The van der Waals surface area contributed by atoms with Crippen LogP contribution in [0.1, 0.15) is 43.2 Å². The number of nitrogens with one attached hydrogen (secondary N) is 1. The maximum absolute atomic E-state index is 10.3. The Balaban J connectivity index is 1.52. The Labute approximate surface area is 150 Å². The van der Waals surface area contributed by atoms with Crippen LogP contribution in [0.4, 0.5) is 0 Å². The molecule has 3 rings (SSSR count). The van der Waals surface area contributed by atoms with Crippen molar-refractivity contribution >= 4 is 0 Å². The van der Waals surface area contributed by atoms with Gasteiger partial charge in [-0.1, -0.05) is 32.9 Å². The summed E-state index contributed by atoms with van der Waals surface area (Å²) in [6.45, 7) is 11.4. The first-order chi connectivity index (χ1) is 11.8. The van der Waals surface area contributed by atoms with Crippen LogP contribution in [0.5, 0.6) is 5.75 Å². The maximum Gasteiger partial charge on any atom is 0.122 e. The molecule has 1 aromatic carbocycles. The summed E-state index contributed by atoms with van der Waals surface area (Å²) in [5.41, 5.74) is 4.98. The van der Waals surface area contributed by atoms with Crippen LogP contribution in [0.25, 0.3) is 0 Å². The van der Waals surface area contributed by atoms with Gasteiger partial charge in [0.1, 0.15) is 18.5 Å². The Morgan fingerprint density at radius 3 is 2.88 bits per heavy atom. The third kappa shape index (κ3) is 4.41. The first-order valence-corrected chi connectivity index (χ1v) is 8.98. The Hall–Kier alpha value is -1.85. The van der Waals surface area contributed by atoms with Crippen LogP contribution in [0.3, 0.4) is 0 Å². The highest BCUT2D eigenvalue weighted by atomic mass is 16.5. The van der Waals surface area contributed by atoms with Crippen LogP contribution in [-0.4, -0.2) is 46.0 Å². The van der Waals surface area contributed by atoms with Crippen molar-refractivity contribution in [1.82, 2.24) is 15.1 Å². The fourth-order valence-corrected chi connectivity index (χ4v) is 3.25. The van der Waals surface area contributed by atoms with E-state index in [9.17, 15) is 5.11 Å². The maximum atomic E-state index is 10.3. The minimum Gasteiger partial charge on any atom is -0.491 e. The van der Waals surface area contributed by atoms with E-state index in [4.69, 9.17) is 4.74 Å². The molecule has 25 heavy (non-hydrogen) atoms. The highest BCUT2D eigenvalue weighted by Gasteiger charge is 2.20. The summed E-state index contributed by atoms with van der Waals surface area (Å²) >= 11 is 0.